The normalized spacial score (nSPS) is 13.7. The van der Waals surface area contributed by atoms with Crippen molar-refractivity contribution < 1.29 is 19.4 Å². The Bertz CT molecular complexity index is 315. The fourth-order valence-corrected chi connectivity index (χ4v) is 1.35. The van der Waals surface area contributed by atoms with E-state index < -0.39 is 17.7 Å². The first-order chi connectivity index (χ1) is 8.10. The minimum Gasteiger partial charge on any atom is -0.478 e. The lowest BCUT2D eigenvalue weighted by atomic mass is 10.0. The maximum atomic E-state index is 11.6. The summed E-state index contributed by atoms with van der Waals surface area (Å²) in [6.45, 7) is 9.32. The highest BCUT2D eigenvalue weighted by atomic mass is 16.6. The van der Waals surface area contributed by atoms with Crippen LogP contribution in [0.15, 0.2) is 12.2 Å². The van der Waals surface area contributed by atoms with Gasteiger partial charge in [0.1, 0.15) is 5.60 Å². The fourth-order valence-electron chi connectivity index (χ4n) is 1.35. The zero-order chi connectivity index (χ0) is 14.3. The average molecular weight is 257 g/mol. The number of amides is 1. The van der Waals surface area contributed by atoms with Crippen molar-refractivity contribution >= 4 is 12.1 Å². The Morgan fingerprint density at radius 3 is 2.28 bits per heavy atom. The van der Waals surface area contributed by atoms with Gasteiger partial charge in [-0.3, -0.25) is 0 Å². The zero-order valence-corrected chi connectivity index (χ0v) is 11.7. The molecule has 5 nitrogen and oxygen atoms in total. The zero-order valence-electron chi connectivity index (χ0n) is 11.7. The summed E-state index contributed by atoms with van der Waals surface area (Å²) in [4.78, 5) is 22.1. The van der Waals surface area contributed by atoms with E-state index in [1.807, 2.05) is 13.8 Å². The number of aliphatic carboxylic acids is 1. The van der Waals surface area contributed by atoms with Crippen molar-refractivity contribution in [2.24, 2.45) is 5.92 Å². The Labute approximate surface area is 108 Å². The smallest absolute Gasteiger partial charge is 0.408 e. The first kappa shape index (κ1) is 16.5. The van der Waals surface area contributed by atoms with Gasteiger partial charge in [-0.2, -0.15) is 0 Å². The standard InChI is InChI=1S/C13H23NO4/c1-9(2)8-10(6-7-11(15)16)14-12(17)18-13(3,4)5/h6-7,9-10H,8H2,1-5H3,(H,14,17)(H,15,16). The van der Waals surface area contributed by atoms with Crippen molar-refractivity contribution in [1.29, 1.82) is 0 Å². The second kappa shape index (κ2) is 7.03. The second-order valence-corrected chi connectivity index (χ2v) is 5.58. The first-order valence-electron chi connectivity index (χ1n) is 6.01. The summed E-state index contributed by atoms with van der Waals surface area (Å²) in [5.41, 5.74) is -0.566. The Kier molecular flexibility index (Phi) is 6.44. The number of nitrogens with one attached hydrogen (secondary N) is 1. The topological polar surface area (TPSA) is 75.6 Å². The van der Waals surface area contributed by atoms with Gasteiger partial charge in [0.05, 0.1) is 6.04 Å². The summed E-state index contributed by atoms with van der Waals surface area (Å²) in [5.74, 6) is -0.696. The number of alkyl carbamates (subject to hydrolysis) is 1. The molecule has 1 unspecified atom stereocenters. The van der Waals surface area contributed by atoms with Gasteiger partial charge in [0.15, 0.2) is 0 Å². The van der Waals surface area contributed by atoms with E-state index >= 15 is 0 Å². The molecular weight excluding hydrogens is 234 g/mol. The summed E-state index contributed by atoms with van der Waals surface area (Å²) in [7, 11) is 0. The summed E-state index contributed by atoms with van der Waals surface area (Å²) in [5, 5.41) is 11.2. The summed E-state index contributed by atoms with van der Waals surface area (Å²) in [6.07, 6.45) is 2.61. The lowest BCUT2D eigenvalue weighted by Gasteiger charge is -2.23. The van der Waals surface area contributed by atoms with Crippen LogP contribution in [0.2, 0.25) is 0 Å². The fraction of sp³-hybridized carbons (Fsp3) is 0.692. The Morgan fingerprint density at radius 1 is 1.33 bits per heavy atom. The molecule has 0 aliphatic carbocycles. The molecule has 0 aromatic carbocycles. The van der Waals surface area contributed by atoms with Crippen LogP contribution in [0.5, 0.6) is 0 Å². The Balaban J connectivity index is 4.49. The van der Waals surface area contributed by atoms with Crippen molar-refractivity contribution in [3.05, 3.63) is 12.2 Å². The number of carboxylic acid groups (broad SMARTS) is 1. The van der Waals surface area contributed by atoms with Gasteiger partial charge in [0, 0.05) is 6.08 Å². The van der Waals surface area contributed by atoms with E-state index in [0.29, 0.717) is 12.3 Å². The van der Waals surface area contributed by atoms with E-state index in [-0.39, 0.29) is 6.04 Å². The van der Waals surface area contributed by atoms with Gasteiger partial charge in [-0.25, -0.2) is 9.59 Å². The van der Waals surface area contributed by atoms with Gasteiger partial charge in [-0.1, -0.05) is 19.9 Å². The number of carbonyl (C=O) groups is 2. The second-order valence-electron chi connectivity index (χ2n) is 5.58. The predicted octanol–water partition coefficient (Wildman–Crippen LogP) is 2.57. The van der Waals surface area contributed by atoms with Crippen molar-refractivity contribution in [3.8, 4) is 0 Å². The monoisotopic (exact) mass is 257 g/mol. The van der Waals surface area contributed by atoms with Crippen LogP contribution in [0.4, 0.5) is 4.79 Å². The van der Waals surface area contributed by atoms with Crippen molar-refractivity contribution in [3.63, 3.8) is 0 Å². The maximum absolute atomic E-state index is 11.6. The molecule has 0 fully saturated rings. The van der Waals surface area contributed by atoms with Crippen LogP contribution in [-0.4, -0.2) is 28.8 Å². The van der Waals surface area contributed by atoms with Crippen molar-refractivity contribution in [1.82, 2.24) is 5.32 Å². The number of rotatable bonds is 5. The third-order valence-corrected chi connectivity index (χ3v) is 1.90. The minimum absolute atomic E-state index is 0.336. The summed E-state index contributed by atoms with van der Waals surface area (Å²) >= 11 is 0. The molecule has 0 spiro atoms. The first-order valence-corrected chi connectivity index (χ1v) is 6.01. The third-order valence-electron chi connectivity index (χ3n) is 1.90. The van der Waals surface area contributed by atoms with Crippen LogP contribution in [-0.2, 0) is 9.53 Å². The Hall–Kier alpha value is -1.52. The molecule has 18 heavy (non-hydrogen) atoms. The van der Waals surface area contributed by atoms with Gasteiger partial charge >= 0.3 is 12.1 Å². The van der Waals surface area contributed by atoms with Crippen LogP contribution in [0, 0.1) is 5.92 Å². The lowest BCUT2D eigenvalue weighted by Crippen LogP contribution is -2.38. The van der Waals surface area contributed by atoms with E-state index in [1.54, 1.807) is 20.8 Å². The number of carboxylic acids is 1. The molecule has 0 saturated carbocycles. The summed E-state index contributed by atoms with van der Waals surface area (Å²) in [6, 6.07) is -0.337. The lowest BCUT2D eigenvalue weighted by molar-refractivity contribution is -0.131. The highest BCUT2D eigenvalue weighted by Gasteiger charge is 2.18. The number of hydrogen-bond acceptors (Lipinski definition) is 3. The number of ether oxygens (including phenoxy) is 1. The van der Waals surface area contributed by atoms with E-state index in [1.165, 1.54) is 6.08 Å². The molecule has 1 atom stereocenters. The molecule has 2 N–H and O–H groups in total. The van der Waals surface area contributed by atoms with Gasteiger partial charge in [-0.15, -0.1) is 0 Å². The average Bonchev–Trinajstić information content (AvgIpc) is 2.09. The quantitative estimate of drug-likeness (QED) is 0.742. The maximum Gasteiger partial charge on any atom is 0.408 e. The van der Waals surface area contributed by atoms with Crippen molar-refractivity contribution in [2.45, 2.75) is 52.7 Å². The number of carbonyl (C=O) groups excluding carboxylic acids is 1. The van der Waals surface area contributed by atoms with E-state index in [4.69, 9.17) is 9.84 Å². The Morgan fingerprint density at radius 2 is 1.89 bits per heavy atom. The van der Waals surface area contributed by atoms with Gasteiger partial charge < -0.3 is 15.2 Å². The molecule has 0 rings (SSSR count). The number of hydrogen-bond donors (Lipinski definition) is 2. The van der Waals surface area contributed by atoms with E-state index in [2.05, 4.69) is 5.32 Å². The largest absolute Gasteiger partial charge is 0.478 e. The van der Waals surface area contributed by atoms with Crippen molar-refractivity contribution in [2.75, 3.05) is 0 Å². The predicted molar refractivity (Wildman–Crippen MR) is 69.4 cm³/mol. The van der Waals surface area contributed by atoms with Gasteiger partial charge in [0.25, 0.3) is 0 Å². The molecule has 0 bridgehead atoms. The van der Waals surface area contributed by atoms with E-state index in [0.717, 1.165) is 6.08 Å². The van der Waals surface area contributed by atoms with Crippen LogP contribution >= 0.6 is 0 Å². The minimum atomic E-state index is -1.03. The molecule has 0 heterocycles. The highest BCUT2D eigenvalue weighted by molar-refractivity contribution is 5.80. The molecule has 0 saturated heterocycles. The molecule has 0 aromatic rings. The molecule has 0 radical (unpaired) electrons. The van der Waals surface area contributed by atoms with Crippen LogP contribution < -0.4 is 5.32 Å². The van der Waals surface area contributed by atoms with Crippen LogP contribution in [0.25, 0.3) is 0 Å². The molecule has 0 aliphatic heterocycles. The molecule has 0 aliphatic rings. The molecular formula is C13H23NO4. The molecule has 5 heteroatoms. The third kappa shape index (κ3) is 9.69. The van der Waals surface area contributed by atoms with Gasteiger partial charge in [-0.05, 0) is 33.1 Å². The summed E-state index contributed by atoms with van der Waals surface area (Å²) < 4.78 is 5.13. The molecule has 1 amide bonds. The van der Waals surface area contributed by atoms with Gasteiger partial charge in [0.2, 0.25) is 0 Å². The molecule has 0 aromatic heterocycles. The molecule has 104 valence electrons. The highest BCUT2D eigenvalue weighted by Crippen LogP contribution is 2.10. The SMILES string of the molecule is CC(C)CC(C=CC(=O)O)NC(=O)OC(C)(C)C. The van der Waals surface area contributed by atoms with Crippen LogP contribution in [0.1, 0.15) is 41.0 Å². The van der Waals surface area contributed by atoms with Crippen LogP contribution in [0.3, 0.4) is 0 Å². The van der Waals surface area contributed by atoms with E-state index in [9.17, 15) is 9.59 Å².